The van der Waals surface area contributed by atoms with Gasteiger partial charge in [-0.15, -0.1) is 0 Å². The van der Waals surface area contributed by atoms with Gasteiger partial charge in [-0.05, 0) is 26.8 Å². The zero-order valence-electron chi connectivity index (χ0n) is 11.9. The first-order chi connectivity index (χ1) is 9.49. The van der Waals surface area contributed by atoms with Crippen molar-refractivity contribution in [3.8, 4) is 0 Å². The number of carbonyl (C=O) groups is 1. The lowest BCUT2D eigenvalue weighted by Gasteiger charge is -2.20. The van der Waals surface area contributed by atoms with E-state index in [-0.39, 0.29) is 35.3 Å². The van der Waals surface area contributed by atoms with Crippen molar-refractivity contribution in [2.45, 2.75) is 38.9 Å². The molecule has 0 bridgehead atoms. The van der Waals surface area contributed by atoms with Crippen molar-refractivity contribution in [1.29, 1.82) is 0 Å². The summed E-state index contributed by atoms with van der Waals surface area (Å²) in [6.07, 6.45) is -3.62. The van der Waals surface area contributed by atoms with Crippen molar-refractivity contribution >= 4 is 23.3 Å². The predicted molar refractivity (Wildman–Crippen MR) is 75.3 cm³/mol. The number of anilines is 1. The van der Waals surface area contributed by atoms with Crippen LogP contribution in [0.15, 0.2) is 12.3 Å². The van der Waals surface area contributed by atoms with Gasteiger partial charge in [-0.1, -0.05) is 11.6 Å². The summed E-state index contributed by atoms with van der Waals surface area (Å²) in [6.45, 7) is 5.78. The van der Waals surface area contributed by atoms with Gasteiger partial charge in [0.1, 0.15) is 5.82 Å². The first-order valence-corrected chi connectivity index (χ1v) is 6.64. The van der Waals surface area contributed by atoms with Gasteiger partial charge >= 0.3 is 6.18 Å². The summed E-state index contributed by atoms with van der Waals surface area (Å²) in [4.78, 5) is 15.2. The second-order valence-corrected chi connectivity index (χ2v) is 5.93. The third-order valence-corrected chi connectivity index (χ3v) is 2.62. The Kier molecular flexibility index (Phi) is 5.44. The average Bonchev–Trinajstić information content (AvgIpc) is 2.27. The molecule has 0 fully saturated rings. The van der Waals surface area contributed by atoms with E-state index in [1.165, 1.54) is 0 Å². The van der Waals surface area contributed by atoms with Crippen molar-refractivity contribution in [2.24, 2.45) is 0 Å². The van der Waals surface area contributed by atoms with E-state index in [0.717, 1.165) is 6.07 Å². The van der Waals surface area contributed by atoms with Crippen molar-refractivity contribution < 1.29 is 18.0 Å². The van der Waals surface area contributed by atoms with Gasteiger partial charge in [0.05, 0.1) is 10.6 Å². The lowest BCUT2D eigenvalue weighted by Crippen LogP contribution is -2.41. The maximum Gasteiger partial charge on any atom is 0.417 e. The van der Waals surface area contributed by atoms with Crippen molar-refractivity contribution in [3.63, 3.8) is 0 Å². The Balaban J connectivity index is 2.55. The van der Waals surface area contributed by atoms with Gasteiger partial charge in [0, 0.05) is 24.7 Å². The standard InChI is InChI=1S/C13H17ClF3N3O/c1-12(2,3)20-10(21)4-5-18-11-9(14)6-8(7-19-11)13(15,16)17/h6-7H,4-5H2,1-3H3,(H,18,19)(H,20,21). The van der Waals surface area contributed by atoms with Crippen LogP contribution in [-0.4, -0.2) is 23.0 Å². The SMILES string of the molecule is CC(C)(C)NC(=O)CCNc1ncc(C(F)(F)F)cc1Cl. The first kappa shape index (κ1) is 17.6. The number of aromatic nitrogens is 1. The molecule has 0 atom stereocenters. The molecule has 0 aliphatic carbocycles. The monoisotopic (exact) mass is 323 g/mol. The molecule has 4 nitrogen and oxygen atoms in total. The summed E-state index contributed by atoms with van der Waals surface area (Å²) in [7, 11) is 0. The largest absolute Gasteiger partial charge is 0.417 e. The normalized spacial score (nSPS) is 12.1. The van der Waals surface area contributed by atoms with Crippen LogP contribution in [0.5, 0.6) is 0 Å². The minimum absolute atomic E-state index is 0.119. The quantitative estimate of drug-likeness (QED) is 0.892. The summed E-state index contributed by atoms with van der Waals surface area (Å²) in [6, 6.07) is 0.798. The molecular formula is C13H17ClF3N3O. The number of pyridine rings is 1. The molecule has 1 aromatic rings. The molecule has 0 aromatic carbocycles. The van der Waals surface area contributed by atoms with Gasteiger partial charge in [0.15, 0.2) is 0 Å². The van der Waals surface area contributed by atoms with Crippen LogP contribution < -0.4 is 10.6 Å². The Hall–Kier alpha value is -1.50. The fourth-order valence-corrected chi connectivity index (χ4v) is 1.73. The number of hydrogen-bond acceptors (Lipinski definition) is 3. The number of nitrogens with zero attached hydrogens (tertiary/aromatic N) is 1. The van der Waals surface area contributed by atoms with Gasteiger partial charge in [0.25, 0.3) is 0 Å². The van der Waals surface area contributed by atoms with Gasteiger partial charge < -0.3 is 10.6 Å². The van der Waals surface area contributed by atoms with Gasteiger partial charge in [-0.2, -0.15) is 13.2 Å². The van der Waals surface area contributed by atoms with Crippen molar-refractivity contribution in [2.75, 3.05) is 11.9 Å². The van der Waals surface area contributed by atoms with Crippen LogP contribution in [0.2, 0.25) is 5.02 Å². The van der Waals surface area contributed by atoms with Crippen molar-refractivity contribution in [3.05, 3.63) is 22.8 Å². The molecule has 1 heterocycles. The molecule has 1 aromatic heterocycles. The van der Waals surface area contributed by atoms with Gasteiger partial charge in [0.2, 0.25) is 5.91 Å². The Bertz CT molecular complexity index is 512. The summed E-state index contributed by atoms with van der Waals surface area (Å²) >= 11 is 5.73. The fourth-order valence-electron chi connectivity index (χ4n) is 1.50. The first-order valence-electron chi connectivity index (χ1n) is 6.26. The Labute approximate surface area is 126 Å². The highest BCUT2D eigenvalue weighted by Gasteiger charge is 2.31. The molecule has 0 aliphatic heterocycles. The third-order valence-electron chi connectivity index (χ3n) is 2.33. The second-order valence-electron chi connectivity index (χ2n) is 5.53. The Morgan fingerprint density at radius 1 is 1.33 bits per heavy atom. The molecule has 1 amide bonds. The van der Waals surface area contributed by atoms with E-state index < -0.39 is 11.7 Å². The van der Waals surface area contributed by atoms with E-state index in [1.807, 2.05) is 20.8 Å². The average molecular weight is 324 g/mol. The Morgan fingerprint density at radius 3 is 2.43 bits per heavy atom. The number of nitrogens with one attached hydrogen (secondary N) is 2. The highest BCUT2D eigenvalue weighted by atomic mass is 35.5. The lowest BCUT2D eigenvalue weighted by molar-refractivity contribution is -0.137. The van der Waals surface area contributed by atoms with E-state index in [1.54, 1.807) is 0 Å². The molecule has 0 unspecified atom stereocenters. The number of halogens is 4. The zero-order valence-corrected chi connectivity index (χ0v) is 12.7. The molecule has 0 radical (unpaired) electrons. The maximum absolute atomic E-state index is 12.4. The van der Waals surface area contributed by atoms with Crippen LogP contribution in [0, 0.1) is 0 Å². The molecule has 118 valence electrons. The van der Waals surface area contributed by atoms with Crippen LogP contribution in [0.3, 0.4) is 0 Å². The summed E-state index contributed by atoms with van der Waals surface area (Å²) < 4.78 is 37.3. The highest BCUT2D eigenvalue weighted by Crippen LogP contribution is 2.32. The summed E-state index contributed by atoms with van der Waals surface area (Å²) in [5, 5.41) is 5.37. The number of hydrogen-bond donors (Lipinski definition) is 2. The lowest BCUT2D eigenvalue weighted by atomic mass is 10.1. The van der Waals surface area contributed by atoms with Gasteiger partial charge in [-0.3, -0.25) is 4.79 Å². The number of amides is 1. The van der Waals surface area contributed by atoms with Crippen molar-refractivity contribution in [1.82, 2.24) is 10.3 Å². The molecule has 0 saturated heterocycles. The van der Waals surface area contributed by atoms with E-state index in [2.05, 4.69) is 15.6 Å². The molecule has 0 spiro atoms. The molecule has 2 N–H and O–H groups in total. The maximum atomic E-state index is 12.4. The molecule has 1 rings (SSSR count). The van der Waals surface area contributed by atoms with E-state index in [9.17, 15) is 18.0 Å². The number of rotatable bonds is 4. The van der Waals surface area contributed by atoms with Crippen LogP contribution >= 0.6 is 11.6 Å². The van der Waals surface area contributed by atoms with E-state index >= 15 is 0 Å². The molecular weight excluding hydrogens is 307 g/mol. The Morgan fingerprint density at radius 2 is 1.95 bits per heavy atom. The van der Waals surface area contributed by atoms with Crippen LogP contribution in [0.1, 0.15) is 32.8 Å². The van der Waals surface area contributed by atoms with E-state index in [4.69, 9.17) is 11.6 Å². The number of carbonyl (C=O) groups excluding carboxylic acids is 1. The smallest absolute Gasteiger partial charge is 0.368 e. The molecule has 0 saturated carbocycles. The summed E-state index contributed by atoms with van der Waals surface area (Å²) in [5.41, 5.74) is -1.25. The predicted octanol–water partition coefficient (Wildman–Crippen LogP) is 3.47. The van der Waals surface area contributed by atoms with Crippen LogP contribution in [0.4, 0.5) is 19.0 Å². The van der Waals surface area contributed by atoms with Crippen LogP contribution in [0.25, 0.3) is 0 Å². The zero-order chi connectivity index (χ0) is 16.3. The van der Waals surface area contributed by atoms with E-state index in [0.29, 0.717) is 6.20 Å². The fraction of sp³-hybridized carbons (Fsp3) is 0.538. The third kappa shape index (κ3) is 6.20. The van der Waals surface area contributed by atoms with Crippen LogP contribution in [-0.2, 0) is 11.0 Å². The minimum atomic E-state index is -4.48. The highest BCUT2D eigenvalue weighted by molar-refractivity contribution is 6.32. The number of alkyl halides is 3. The van der Waals surface area contributed by atoms with Gasteiger partial charge in [-0.25, -0.2) is 4.98 Å². The molecule has 21 heavy (non-hydrogen) atoms. The molecule has 8 heteroatoms. The summed E-state index contributed by atoms with van der Waals surface area (Å²) in [5.74, 6) is -0.0498. The minimum Gasteiger partial charge on any atom is -0.368 e. The molecule has 0 aliphatic rings. The second kappa shape index (κ2) is 6.51. The topological polar surface area (TPSA) is 54.0 Å².